The highest BCUT2D eigenvalue weighted by Gasteiger charge is 2.12. The first-order valence-electron chi connectivity index (χ1n) is 5.11. The van der Waals surface area contributed by atoms with Crippen LogP contribution in [0.1, 0.15) is 0 Å². The Morgan fingerprint density at radius 3 is 2.28 bits per heavy atom. The molecule has 2 rings (SSSR count). The third kappa shape index (κ3) is 2.51. The lowest BCUT2D eigenvalue weighted by Crippen LogP contribution is -1.92. The van der Waals surface area contributed by atoms with Crippen LogP contribution in [0.5, 0.6) is 5.75 Å². The number of nitrogens with two attached hydrogens (primary N) is 1. The normalized spacial score (nSPS) is 10.4. The lowest BCUT2D eigenvalue weighted by atomic mass is 10.0. The molecule has 0 bridgehead atoms. The van der Waals surface area contributed by atoms with Gasteiger partial charge in [-0.05, 0) is 18.2 Å². The molecule has 0 spiro atoms. The van der Waals surface area contributed by atoms with Crippen LogP contribution < -0.4 is 10.5 Å². The minimum absolute atomic E-state index is 0.478. The van der Waals surface area contributed by atoms with Crippen molar-refractivity contribution >= 4 is 40.5 Å². The summed E-state index contributed by atoms with van der Waals surface area (Å²) in [7, 11) is 1.54. The molecule has 0 unspecified atom stereocenters. The molecule has 0 aromatic heterocycles. The third-order valence-corrected chi connectivity index (χ3v) is 3.39. The molecule has 2 aromatic rings. The molecule has 0 aliphatic rings. The Morgan fingerprint density at radius 2 is 1.67 bits per heavy atom. The van der Waals surface area contributed by atoms with E-state index in [1.165, 1.54) is 7.11 Å². The number of nitrogen functional groups attached to an aromatic ring is 1. The van der Waals surface area contributed by atoms with Crippen LogP contribution in [0.15, 0.2) is 30.3 Å². The Morgan fingerprint density at radius 1 is 0.944 bits per heavy atom. The molecule has 0 saturated heterocycles. The first kappa shape index (κ1) is 13.3. The van der Waals surface area contributed by atoms with Gasteiger partial charge in [0.1, 0.15) is 5.75 Å². The quantitative estimate of drug-likeness (QED) is 0.800. The number of methoxy groups -OCH3 is 1. The van der Waals surface area contributed by atoms with E-state index in [1.807, 2.05) is 6.07 Å². The van der Waals surface area contributed by atoms with E-state index in [9.17, 15) is 0 Å². The van der Waals surface area contributed by atoms with Crippen LogP contribution in [0.25, 0.3) is 11.1 Å². The summed E-state index contributed by atoms with van der Waals surface area (Å²) in [5, 5.41) is 1.57. The van der Waals surface area contributed by atoms with Gasteiger partial charge in [0, 0.05) is 27.9 Å². The monoisotopic (exact) mass is 301 g/mol. The van der Waals surface area contributed by atoms with Crippen LogP contribution in [-0.2, 0) is 0 Å². The lowest BCUT2D eigenvalue weighted by Gasteiger charge is -2.11. The molecule has 2 nitrogen and oxygen atoms in total. The van der Waals surface area contributed by atoms with E-state index in [-0.39, 0.29) is 0 Å². The molecule has 94 valence electrons. The Labute approximate surface area is 120 Å². The maximum Gasteiger partial charge on any atom is 0.138 e. The zero-order valence-electron chi connectivity index (χ0n) is 9.51. The Balaban J connectivity index is 2.60. The van der Waals surface area contributed by atoms with Crippen molar-refractivity contribution in [1.82, 2.24) is 0 Å². The van der Waals surface area contributed by atoms with Gasteiger partial charge in [0.25, 0.3) is 0 Å². The summed E-state index contributed by atoms with van der Waals surface area (Å²) >= 11 is 18.1. The zero-order chi connectivity index (χ0) is 13.3. The van der Waals surface area contributed by atoms with Crippen LogP contribution in [0.4, 0.5) is 5.69 Å². The van der Waals surface area contributed by atoms with Crippen molar-refractivity contribution in [1.29, 1.82) is 0 Å². The molecule has 0 heterocycles. The predicted octanol–water partition coefficient (Wildman–Crippen LogP) is 4.90. The third-order valence-electron chi connectivity index (χ3n) is 2.55. The van der Waals surface area contributed by atoms with E-state index in [1.54, 1.807) is 24.3 Å². The van der Waals surface area contributed by atoms with Crippen LogP contribution >= 0.6 is 34.8 Å². The number of rotatable bonds is 2. The summed E-state index contributed by atoms with van der Waals surface area (Å²) in [6.45, 7) is 0. The summed E-state index contributed by atoms with van der Waals surface area (Å²) < 4.78 is 5.10. The minimum atomic E-state index is 0.478. The van der Waals surface area contributed by atoms with E-state index < -0.39 is 0 Å². The molecule has 0 atom stereocenters. The molecular weight excluding hydrogens is 293 g/mol. The van der Waals surface area contributed by atoms with Crippen LogP contribution in [-0.4, -0.2) is 7.11 Å². The van der Waals surface area contributed by atoms with Crippen molar-refractivity contribution in [2.24, 2.45) is 0 Å². The van der Waals surface area contributed by atoms with Crippen molar-refractivity contribution in [3.63, 3.8) is 0 Å². The molecule has 0 radical (unpaired) electrons. The first-order valence-corrected chi connectivity index (χ1v) is 6.24. The molecule has 2 N–H and O–H groups in total. The number of ether oxygens (including phenoxy) is 1. The SMILES string of the molecule is COc1cc(Cl)c(-c2ccc(Cl)cc2N)cc1Cl. The molecule has 0 fully saturated rings. The van der Waals surface area contributed by atoms with Gasteiger partial charge in [0.15, 0.2) is 0 Å². The maximum atomic E-state index is 6.20. The Hall–Kier alpha value is -1.09. The van der Waals surface area contributed by atoms with Crippen LogP contribution in [0.2, 0.25) is 15.1 Å². The second-order valence-corrected chi connectivity index (χ2v) is 4.95. The number of anilines is 1. The predicted molar refractivity (Wildman–Crippen MR) is 77.9 cm³/mol. The molecular formula is C13H10Cl3NO. The van der Waals surface area contributed by atoms with Crippen molar-refractivity contribution in [2.75, 3.05) is 12.8 Å². The summed E-state index contributed by atoms with van der Waals surface area (Å²) in [6.07, 6.45) is 0. The van der Waals surface area contributed by atoms with Gasteiger partial charge in [-0.15, -0.1) is 0 Å². The number of halogens is 3. The number of hydrogen-bond acceptors (Lipinski definition) is 2. The zero-order valence-corrected chi connectivity index (χ0v) is 11.8. The summed E-state index contributed by atoms with van der Waals surface area (Å²) in [5.41, 5.74) is 8.01. The fraction of sp³-hybridized carbons (Fsp3) is 0.0769. The van der Waals surface area contributed by atoms with Crippen molar-refractivity contribution in [2.45, 2.75) is 0 Å². The first-order chi connectivity index (χ1) is 8.52. The lowest BCUT2D eigenvalue weighted by molar-refractivity contribution is 0.415. The largest absolute Gasteiger partial charge is 0.495 e. The topological polar surface area (TPSA) is 35.2 Å². The van der Waals surface area contributed by atoms with Gasteiger partial charge in [-0.2, -0.15) is 0 Å². The fourth-order valence-corrected chi connectivity index (χ4v) is 2.35. The molecule has 0 aliphatic carbocycles. The second kappa shape index (κ2) is 5.27. The van der Waals surface area contributed by atoms with E-state index in [2.05, 4.69) is 0 Å². The van der Waals surface area contributed by atoms with Crippen molar-refractivity contribution in [3.05, 3.63) is 45.4 Å². The highest BCUT2D eigenvalue weighted by atomic mass is 35.5. The van der Waals surface area contributed by atoms with E-state index in [0.29, 0.717) is 26.5 Å². The summed E-state index contributed by atoms with van der Waals surface area (Å²) in [5.74, 6) is 0.526. The van der Waals surface area contributed by atoms with E-state index >= 15 is 0 Å². The fourth-order valence-electron chi connectivity index (χ4n) is 1.67. The van der Waals surface area contributed by atoms with Gasteiger partial charge in [0.05, 0.1) is 17.2 Å². The maximum absolute atomic E-state index is 6.20. The number of benzene rings is 2. The van der Waals surface area contributed by atoms with E-state index in [4.69, 9.17) is 45.3 Å². The van der Waals surface area contributed by atoms with Crippen LogP contribution in [0.3, 0.4) is 0 Å². The highest BCUT2D eigenvalue weighted by molar-refractivity contribution is 6.36. The Bertz CT molecular complexity index is 599. The van der Waals surface area contributed by atoms with Crippen LogP contribution in [0, 0.1) is 0 Å². The smallest absolute Gasteiger partial charge is 0.138 e. The van der Waals surface area contributed by atoms with Crippen molar-refractivity contribution < 1.29 is 4.74 Å². The molecule has 0 saturated carbocycles. The Kier molecular flexibility index (Phi) is 3.91. The minimum Gasteiger partial charge on any atom is -0.495 e. The van der Waals surface area contributed by atoms with Gasteiger partial charge in [-0.1, -0.05) is 40.9 Å². The summed E-state index contributed by atoms with van der Waals surface area (Å²) in [6, 6.07) is 8.62. The van der Waals surface area contributed by atoms with Gasteiger partial charge >= 0.3 is 0 Å². The van der Waals surface area contributed by atoms with Crippen molar-refractivity contribution in [3.8, 4) is 16.9 Å². The molecule has 2 aromatic carbocycles. The molecule has 0 aliphatic heterocycles. The van der Waals surface area contributed by atoms with Gasteiger partial charge in [-0.25, -0.2) is 0 Å². The van der Waals surface area contributed by atoms with Gasteiger partial charge in [-0.3, -0.25) is 0 Å². The summed E-state index contributed by atoms with van der Waals surface area (Å²) in [4.78, 5) is 0. The second-order valence-electron chi connectivity index (χ2n) is 3.70. The molecule has 18 heavy (non-hydrogen) atoms. The van der Waals surface area contributed by atoms with Gasteiger partial charge in [0.2, 0.25) is 0 Å². The number of hydrogen-bond donors (Lipinski definition) is 1. The molecule has 0 amide bonds. The average Bonchev–Trinajstić information content (AvgIpc) is 2.32. The van der Waals surface area contributed by atoms with E-state index in [0.717, 1.165) is 11.1 Å². The average molecular weight is 303 g/mol. The molecule has 5 heteroatoms. The standard InChI is InChI=1S/C13H10Cl3NO/c1-18-13-6-10(15)9(5-11(13)16)8-3-2-7(14)4-12(8)17/h2-6H,17H2,1H3. The van der Waals surface area contributed by atoms with Gasteiger partial charge < -0.3 is 10.5 Å². The highest BCUT2D eigenvalue weighted by Crippen LogP contribution is 2.39.